The van der Waals surface area contributed by atoms with Crippen molar-refractivity contribution in [3.63, 3.8) is 0 Å². The molecule has 0 aliphatic rings. The number of carbonyl (C=O) groups excluding carboxylic acids is 2. The van der Waals surface area contributed by atoms with E-state index in [1.54, 1.807) is 24.5 Å². The molecule has 0 spiro atoms. The van der Waals surface area contributed by atoms with Crippen molar-refractivity contribution < 1.29 is 19.1 Å². The van der Waals surface area contributed by atoms with Crippen LogP contribution in [0.4, 0.5) is 5.13 Å². The van der Waals surface area contributed by atoms with Gasteiger partial charge in [0, 0.05) is 32.6 Å². The van der Waals surface area contributed by atoms with Crippen LogP contribution in [0.2, 0.25) is 0 Å². The highest BCUT2D eigenvalue weighted by atomic mass is 32.1. The minimum Gasteiger partial charge on any atom is -0.457 e. The van der Waals surface area contributed by atoms with E-state index >= 15 is 0 Å². The lowest BCUT2D eigenvalue weighted by Gasteiger charge is -2.19. The normalized spacial score (nSPS) is 10.7. The van der Waals surface area contributed by atoms with Crippen LogP contribution in [0.3, 0.4) is 0 Å². The number of para-hydroxylation sites is 1. The van der Waals surface area contributed by atoms with Crippen molar-refractivity contribution >= 4 is 28.3 Å². The van der Waals surface area contributed by atoms with E-state index in [1.165, 1.54) is 17.5 Å². The highest BCUT2D eigenvalue weighted by Gasteiger charge is 2.21. The molecule has 2 aromatic carbocycles. The van der Waals surface area contributed by atoms with E-state index in [0.29, 0.717) is 35.5 Å². The lowest BCUT2D eigenvalue weighted by molar-refractivity contribution is -0.118. The van der Waals surface area contributed by atoms with Crippen LogP contribution >= 0.6 is 11.3 Å². The van der Waals surface area contributed by atoms with Gasteiger partial charge in [-0.05, 0) is 36.2 Å². The average Bonchev–Trinajstić information content (AvgIpc) is 3.61. The number of imidazole rings is 1. The highest BCUT2D eigenvalue weighted by Crippen LogP contribution is 2.25. The second-order valence-corrected chi connectivity index (χ2v) is 9.20. The SMILES string of the molecule is COCCN(C(=O)Cc1ccc(Oc2ccccc2)cc1)c1ncc(C(=O)NCCCn2ccnc2)s1. The predicted octanol–water partition coefficient (Wildman–Crippen LogP) is 4.17. The molecule has 0 aliphatic heterocycles. The molecule has 0 saturated heterocycles. The Balaban J connectivity index is 1.33. The van der Waals surface area contributed by atoms with Gasteiger partial charge >= 0.3 is 0 Å². The Kier molecular flexibility index (Phi) is 9.39. The van der Waals surface area contributed by atoms with E-state index in [0.717, 1.165) is 24.3 Å². The van der Waals surface area contributed by atoms with Gasteiger partial charge in [-0.15, -0.1) is 0 Å². The van der Waals surface area contributed by atoms with Crippen LogP contribution in [0, 0.1) is 0 Å². The Morgan fingerprint density at radius 2 is 1.86 bits per heavy atom. The minimum atomic E-state index is -0.206. The Morgan fingerprint density at radius 1 is 1.08 bits per heavy atom. The molecule has 192 valence electrons. The van der Waals surface area contributed by atoms with Gasteiger partial charge in [0.25, 0.3) is 5.91 Å². The third-order valence-electron chi connectivity index (χ3n) is 5.46. The summed E-state index contributed by atoms with van der Waals surface area (Å²) in [5, 5.41) is 3.37. The molecule has 0 fully saturated rings. The van der Waals surface area contributed by atoms with Gasteiger partial charge < -0.3 is 19.4 Å². The van der Waals surface area contributed by atoms with Crippen molar-refractivity contribution in [2.24, 2.45) is 0 Å². The third kappa shape index (κ3) is 7.73. The van der Waals surface area contributed by atoms with Gasteiger partial charge in [0.05, 0.1) is 32.1 Å². The van der Waals surface area contributed by atoms with Gasteiger partial charge in [-0.2, -0.15) is 0 Å². The van der Waals surface area contributed by atoms with Gasteiger partial charge in [0.2, 0.25) is 5.91 Å². The number of nitrogens with zero attached hydrogens (tertiary/aromatic N) is 4. The molecule has 0 atom stereocenters. The Labute approximate surface area is 219 Å². The molecule has 2 aromatic heterocycles. The zero-order chi connectivity index (χ0) is 25.9. The molecule has 0 saturated carbocycles. The maximum atomic E-state index is 13.2. The van der Waals surface area contributed by atoms with Crippen LogP contribution in [0.1, 0.15) is 21.7 Å². The van der Waals surface area contributed by atoms with E-state index in [4.69, 9.17) is 9.47 Å². The predicted molar refractivity (Wildman–Crippen MR) is 142 cm³/mol. The number of carbonyl (C=O) groups is 2. The van der Waals surface area contributed by atoms with Crippen molar-refractivity contribution in [3.8, 4) is 11.5 Å². The maximum absolute atomic E-state index is 13.2. The van der Waals surface area contributed by atoms with Gasteiger partial charge in [0.15, 0.2) is 5.13 Å². The molecule has 2 heterocycles. The fourth-order valence-electron chi connectivity index (χ4n) is 3.54. The van der Waals surface area contributed by atoms with Crippen LogP contribution in [0.15, 0.2) is 79.5 Å². The molecule has 4 aromatic rings. The van der Waals surface area contributed by atoms with Crippen LogP contribution in [0.25, 0.3) is 0 Å². The molecule has 2 amide bonds. The summed E-state index contributed by atoms with van der Waals surface area (Å²) in [5.41, 5.74) is 0.847. The summed E-state index contributed by atoms with van der Waals surface area (Å²) in [6.07, 6.45) is 7.83. The second kappa shape index (κ2) is 13.3. The van der Waals surface area contributed by atoms with Gasteiger partial charge in [-0.1, -0.05) is 41.7 Å². The Bertz CT molecular complexity index is 1260. The molecule has 0 aliphatic carbocycles. The number of hydrogen-bond acceptors (Lipinski definition) is 7. The summed E-state index contributed by atoms with van der Waals surface area (Å²) in [7, 11) is 1.58. The first-order valence-electron chi connectivity index (χ1n) is 11.9. The fraction of sp³-hybridized carbons (Fsp3) is 0.259. The number of benzene rings is 2. The summed E-state index contributed by atoms with van der Waals surface area (Å²) in [5.74, 6) is 1.11. The molecule has 0 unspecified atom stereocenters. The monoisotopic (exact) mass is 519 g/mol. The number of nitrogens with one attached hydrogen (secondary N) is 1. The smallest absolute Gasteiger partial charge is 0.263 e. The van der Waals surface area contributed by atoms with Crippen LogP contribution < -0.4 is 15.0 Å². The van der Waals surface area contributed by atoms with Gasteiger partial charge in [0.1, 0.15) is 16.4 Å². The quantitative estimate of drug-likeness (QED) is 0.266. The molecule has 0 radical (unpaired) electrons. The number of methoxy groups -OCH3 is 1. The fourth-order valence-corrected chi connectivity index (χ4v) is 4.42. The number of aryl methyl sites for hydroxylation is 1. The summed E-state index contributed by atoms with van der Waals surface area (Å²) in [4.78, 5) is 36.2. The number of aromatic nitrogens is 3. The van der Waals surface area contributed by atoms with E-state index < -0.39 is 0 Å². The van der Waals surface area contributed by atoms with Gasteiger partial charge in [-0.25, -0.2) is 9.97 Å². The van der Waals surface area contributed by atoms with Gasteiger partial charge in [-0.3, -0.25) is 14.5 Å². The van der Waals surface area contributed by atoms with Crippen LogP contribution in [0.5, 0.6) is 11.5 Å². The molecule has 37 heavy (non-hydrogen) atoms. The number of anilines is 1. The van der Waals surface area contributed by atoms with Crippen LogP contribution in [-0.2, 0) is 22.5 Å². The number of rotatable bonds is 13. The average molecular weight is 520 g/mol. The Hall–Kier alpha value is -4.02. The third-order valence-corrected chi connectivity index (χ3v) is 6.48. The van der Waals surface area contributed by atoms with Crippen molar-refractivity contribution in [3.05, 3.63) is 90.0 Å². The molecule has 9 nitrogen and oxygen atoms in total. The van der Waals surface area contributed by atoms with Crippen molar-refractivity contribution in [1.29, 1.82) is 0 Å². The highest BCUT2D eigenvalue weighted by molar-refractivity contribution is 7.17. The topological polar surface area (TPSA) is 98.6 Å². The number of ether oxygens (including phenoxy) is 2. The Morgan fingerprint density at radius 3 is 2.59 bits per heavy atom. The first-order valence-corrected chi connectivity index (χ1v) is 12.7. The minimum absolute atomic E-state index is 0.129. The largest absolute Gasteiger partial charge is 0.457 e. The second-order valence-electron chi connectivity index (χ2n) is 8.19. The lowest BCUT2D eigenvalue weighted by atomic mass is 10.1. The van der Waals surface area contributed by atoms with Crippen molar-refractivity contribution in [2.75, 3.05) is 31.7 Å². The standard InChI is InChI=1S/C27H29N5O4S/c1-35-17-16-32(25(33)18-21-8-10-23(11-9-21)36-22-6-3-2-4-7-22)27-30-19-24(37-27)26(34)29-12-5-14-31-15-13-28-20-31/h2-4,6-11,13,15,19-20H,5,12,14,16-18H2,1H3,(H,29,34). The summed E-state index contributed by atoms with van der Waals surface area (Å²) < 4.78 is 13.0. The zero-order valence-electron chi connectivity index (χ0n) is 20.6. The van der Waals surface area contributed by atoms with E-state index in [2.05, 4.69) is 15.3 Å². The number of thiazole rings is 1. The lowest BCUT2D eigenvalue weighted by Crippen LogP contribution is -2.35. The number of amides is 2. The summed E-state index contributed by atoms with van der Waals surface area (Å²) in [6, 6.07) is 16.9. The molecular formula is C27H29N5O4S. The molecule has 0 bridgehead atoms. The molecule has 4 rings (SSSR count). The van der Waals surface area contributed by atoms with Crippen molar-refractivity contribution in [2.45, 2.75) is 19.4 Å². The first kappa shape index (κ1) is 26.1. The van der Waals surface area contributed by atoms with Crippen LogP contribution in [-0.4, -0.2) is 53.2 Å². The van der Waals surface area contributed by atoms with Crippen molar-refractivity contribution in [1.82, 2.24) is 19.9 Å². The molecule has 10 heteroatoms. The maximum Gasteiger partial charge on any atom is 0.263 e. The molecule has 1 N–H and O–H groups in total. The van der Waals surface area contributed by atoms with E-state index in [9.17, 15) is 9.59 Å². The zero-order valence-corrected chi connectivity index (χ0v) is 21.4. The first-order chi connectivity index (χ1) is 18.1. The summed E-state index contributed by atoms with van der Waals surface area (Å²) >= 11 is 1.19. The number of hydrogen-bond donors (Lipinski definition) is 1. The molecular weight excluding hydrogens is 490 g/mol. The summed E-state index contributed by atoms with van der Waals surface area (Å²) in [6.45, 7) is 1.99. The van der Waals surface area contributed by atoms with E-state index in [1.807, 2.05) is 65.4 Å². The van der Waals surface area contributed by atoms with E-state index in [-0.39, 0.29) is 18.2 Å².